The summed E-state index contributed by atoms with van der Waals surface area (Å²) in [4.78, 5) is 15.5. The number of aromatic nitrogens is 2. The zero-order valence-corrected chi connectivity index (χ0v) is 11.8. The van der Waals surface area contributed by atoms with Gasteiger partial charge in [-0.2, -0.15) is 4.98 Å². The lowest BCUT2D eigenvalue weighted by atomic mass is 10.2. The van der Waals surface area contributed by atoms with Gasteiger partial charge in [0.05, 0.1) is 6.54 Å². The largest absolute Gasteiger partial charge is 0.354 e. The Morgan fingerprint density at radius 1 is 1.45 bits per heavy atom. The fraction of sp³-hybridized carbons (Fsp3) is 0.308. The lowest BCUT2D eigenvalue weighted by Crippen LogP contribution is -2.33. The lowest BCUT2D eigenvalue weighted by Gasteiger charge is -2.01. The number of rotatable bonds is 6. The monoisotopic (exact) mass is 294 g/mol. The van der Waals surface area contributed by atoms with E-state index < -0.39 is 0 Å². The van der Waals surface area contributed by atoms with Crippen molar-refractivity contribution >= 4 is 17.5 Å². The van der Waals surface area contributed by atoms with Crippen molar-refractivity contribution in [1.29, 1.82) is 0 Å². The Hall–Kier alpha value is -1.92. The summed E-state index contributed by atoms with van der Waals surface area (Å²) < 4.78 is 5.13. The van der Waals surface area contributed by atoms with Crippen molar-refractivity contribution in [2.75, 3.05) is 20.1 Å². The van der Waals surface area contributed by atoms with Gasteiger partial charge in [0.15, 0.2) is 0 Å². The number of benzene rings is 1. The first-order chi connectivity index (χ1) is 9.69. The van der Waals surface area contributed by atoms with E-state index in [1.165, 1.54) is 0 Å². The molecule has 0 aliphatic heterocycles. The molecule has 0 aliphatic rings. The van der Waals surface area contributed by atoms with Crippen LogP contribution in [0.2, 0.25) is 5.02 Å². The number of carbonyl (C=O) groups is 1. The van der Waals surface area contributed by atoms with Crippen LogP contribution in [-0.4, -0.2) is 36.2 Å². The number of likely N-dealkylation sites (N-methyl/N-ethyl adjacent to an activating group) is 1. The van der Waals surface area contributed by atoms with Crippen molar-refractivity contribution in [3.8, 4) is 11.4 Å². The van der Waals surface area contributed by atoms with Gasteiger partial charge >= 0.3 is 0 Å². The smallest absolute Gasteiger partial charge is 0.233 e. The Balaban J connectivity index is 1.91. The summed E-state index contributed by atoms with van der Waals surface area (Å²) in [6.45, 7) is 0.745. The molecule has 2 aromatic rings. The Labute approximate surface area is 121 Å². The average molecular weight is 295 g/mol. The van der Waals surface area contributed by atoms with Crippen LogP contribution in [0.25, 0.3) is 11.4 Å². The van der Waals surface area contributed by atoms with Crippen LogP contribution in [0.4, 0.5) is 0 Å². The van der Waals surface area contributed by atoms with Gasteiger partial charge in [0.25, 0.3) is 0 Å². The van der Waals surface area contributed by atoms with Crippen LogP contribution in [0.1, 0.15) is 5.89 Å². The molecule has 2 N–H and O–H groups in total. The van der Waals surface area contributed by atoms with E-state index in [2.05, 4.69) is 20.8 Å². The van der Waals surface area contributed by atoms with Crippen LogP contribution in [0, 0.1) is 0 Å². The molecule has 0 aliphatic carbocycles. The predicted molar refractivity (Wildman–Crippen MR) is 75.4 cm³/mol. The summed E-state index contributed by atoms with van der Waals surface area (Å²) in [5, 5.41) is 10.0. The maximum Gasteiger partial charge on any atom is 0.233 e. The molecule has 0 spiro atoms. The molecule has 0 saturated carbocycles. The molecule has 0 saturated heterocycles. The van der Waals surface area contributed by atoms with E-state index in [1.807, 2.05) is 12.1 Å². The first-order valence-corrected chi connectivity index (χ1v) is 6.56. The second-order valence-corrected chi connectivity index (χ2v) is 4.59. The number of nitrogens with one attached hydrogen (secondary N) is 2. The van der Waals surface area contributed by atoms with E-state index in [4.69, 9.17) is 16.1 Å². The highest BCUT2D eigenvalue weighted by Crippen LogP contribution is 2.19. The average Bonchev–Trinajstić information content (AvgIpc) is 2.88. The Kier molecular flexibility index (Phi) is 5.09. The van der Waals surface area contributed by atoms with Gasteiger partial charge in [-0.3, -0.25) is 4.79 Å². The van der Waals surface area contributed by atoms with Gasteiger partial charge < -0.3 is 15.2 Å². The highest BCUT2D eigenvalue weighted by Gasteiger charge is 2.09. The van der Waals surface area contributed by atoms with Crippen molar-refractivity contribution < 1.29 is 9.32 Å². The highest BCUT2D eigenvalue weighted by atomic mass is 35.5. The Bertz CT molecular complexity index is 585. The first-order valence-electron chi connectivity index (χ1n) is 6.19. The van der Waals surface area contributed by atoms with Crippen LogP contribution in [0.15, 0.2) is 28.8 Å². The third kappa shape index (κ3) is 4.04. The summed E-state index contributed by atoms with van der Waals surface area (Å²) in [6, 6.07) is 7.23. The normalized spacial score (nSPS) is 10.5. The van der Waals surface area contributed by atoms with Crippen LogP contribution in [0.5, 0.6) is 0 Å². The molecule has 0 radical (unpaired) electrons. The number of hydrogen-bond acceptors (Lipinski definition) is 5. The van der Waals surface area contributed by atoms with E-state index in [1.54, 1.807) is 19.2 Å². The summed E-state index contributed by atoms with van der Waals surface area (Å²) in [6.07, 6.45) is 0.489. The van der Waals surface area contributed by atoms with Crippen molar-refractivity contribution in [2.45, 2.75) is 6.42 Å². The number of carbonyl (C=O) groups excluding carboxylic acids is 1. The van der Waals surface area contributed by atoms with Crippen molar-refractivity contribution in [3.63, 3.8) is 0 Å². The van der Waals surface area contributed by atoms with Gasteiger partial charge in [-0.1, -0.05) is 28.9 Å². The number of hydrogen-bond donors (Lipinski definition) is 2. The molecule has 6 nitrogen and oxygen atoms in total. The van der Waals surface area contributed by atoms with E-state index >= 15 is 0 Å². The molecular formula is C13H15ClN4O2. The van der Waals surface area contributed by atoms with Gasteiger partial charge in [0.2, 0.25) is 17.6 Å². The van der Waals surface area contributed by atoms with E-state index in [-0.39, 0.29) is 12.5 Å². The maximum absolute atomic E-state index is 11.2. The Morgan fingerprint density at radius 3 is 3.05 bits per heavy atom. The molecule has 0 unspecified atom stereocenters. The predicted octanol–water partition coefficient (Wildman–Crippen LogP) is 1.27. The molecule has 0 bridgehead atoms. The van der Waals surface area contributed by atoms with Gasteiger partial charge in [-0.25, -0.2) is 0 Å². The molecule has 0 atom stereocenters. The zero-order valence-electron chi connectivity index (χ0n) is 11.0. The third-order valence-electron chi connectivity index (χ3n) is 2.55. The molecule has 20 heavy (non-hydrogen) atoms. The summed E-state index contributed by atoms with van der Waals surface area (Å²) >= 11 is 5.91. The third-order valence-corrected chi connectivity index (χ3v) is 2.78. The fourth-order valence-corrected chi connectivity index (χ4v) is 1.82. The quantitative estimate of drug-likeness (QED) is 0.838. The maximum atomic E-state index is 11.2. The second kappa shape index (κ2) is 7.02. The molecule has 2 rings (SSSR count). The molecule has 1 aromatic carbocycles. The second-order valence-electron chi connectivity index (χ2n) is 4.15. The fourth-order valence-electron chi connectivity index (χ4n) is 1.63. The van der Waals surface area contributed by atoms with Gasteiger partial charge in [0, 0.05) is 23.6 Å². The molecule has 106 valence electrons. The molecule has 1 amide bonds. The van der Waals surface area contributed by atoms with Crippen molar-refractivity contribution in [3.05, 3.63) is 35.2 Å². The van der Waals surface area contributed by atoms with E-state index in [0.29, 0.717) is 29.7 Å². The molecule has 0 fully saturated rings. The minimum Gasteiger partial charge on any atom is -0.354 e. The first kappa shape index (κ1) is 14.5. The molecule has 1 heterocycles. The van der Waals surface area contributed by atoms with Crippen LogP contribution in [0.3, 0.4) is 0 Å². The Morgan fingerprint density at radius 2 is 2.30 bits per heavy atom. The van der Waals surface area contributed by atoms with E-state index in [0.717, 1.165) is 5.56 Å². The molecule has 7 heteroatoms. The number of halogens is 1. The SMILES string of the molecule is CNCC(=O)NCCc1nc(-c2cccc(Cl)c2)no1. The van der Waals surface area contributed by atoms with Crippen LogP contribution < -0.4 is 10.6 Å². The lowest BCUT2D eigenvalue weighted by molar-refractivity contribution is -0.120. The zero-order chi connectivity index (χ0) is 14.4. The van der Waals surface area contributed by atoms with Gasteiger partial charge in [-0.05, 0) is 19.2 Å². The van der Waals surface area contributed by atoms with Crippen molar-refractivity contribution in [2.24, 2.45) is 0 Å². The van der Waals surface area contributed by atoms with Crippen LogP contribution >= 0.6 is 11.6 Å². The minimum atomic E-state index is -0.0675. The highest BCUT2D eigenvalue weighted by molar-refractivity contribution is 6.30. The van der Waals surface area contributed by atoms with Gasteiger partial charge in [-0.15, -0.1) is 0 Å². The standard InChI is InChI=1S/C13H15ClN4O2/c1-15-8-11(19)16-6-5-12-17-13(18-20-12)9-3-2-4-10(14)7-9/h2-4,7,15H,5-6,8H2,1H3,(H,16,19). The van der Waals surface area contributed by atoms with Crippen molar-refractivity contribution in [1.82, 2.24) is 20.8 Å². The van der Waals surface area contributed by atoms with Crippen LogP contribution in [-0.2, 0) is 11.2 Å². The molecule has 1 aromatic heterocycles. The number of nitrogens with zero attached hydrogens (tertiary/aromatic N) is 2. The summed E-state index contributed by atoms with van der Waals surface area (Å²) in [5.74, 6) is 0.899. The minimum absolute atomic E-state index is 0.0675. The number of amides is 1. The van der Waals surface area contributed by atoms with Gasteiger partial charge in [0.1, 0.15) is 0 Å². The summed E-state index contributed by atoms with van der Waals surface area (Å²) in [5.41, 5.74) is 0.798. The topological polar surface area (TPSA) is 80.0 Å². The summed E-state index contributed by atoms with van der Waals surface area (Å²) in [7, 11) is 1.72. The molecular weight excluding hydrogens is 280 g/mol. The van der Waals surface area contributed by atoms with E-state index in [9.17, 15) is 4.79 Å².